The van der Waals surface area contributed by atoms with Crippen molar-refractivity contribution in [2.45, 2.75) is 19.2 Å². The summed E-state index contributed by atoms with van der Waals surface area (Å²) in [5, 5.41) is 2.21. The number of amides is 1. The number of rotatable bonds is 7. The number of sulfonamides is 1. The number of ether oxygens (including phenoxy) is 1. The molecular formula is C21H18F5N3O4S2. The largest absolute Gasteiger partial charge is 0.487 e. The van der Waals surface area contributed by atoms with Gasteiger partial charge >= 0.3 is 6.18 Å². The number of anilines is 1. The lowest BCUT2D eigenvalue weighted by molar-refractivity contribution is -0.137. The lowest BCUT2D eigenvalue weighted by Gasteiger charge is -2.16. The van der Waals surface area contributed by atoms with Gasteiger partial charge in [0.05, 0.1) is 22.4 Å². The molecule has 0 spiro atoms. The first kappa shape index (κ1) is 26.5. The summed E-state index contributed by atoms with van der Waals surface area (Å²) in [6.07, 6.45) is -5.51. The van der Waals surface area contributed by atoms with Crippen molar-refractivity contribution in [1.82, 2.24) is 5.32 Å². The maximum atomic E-state index is 13.4. The minimum atomic E-state index is -4.79. The van der Waals surface area contributed by atoms with Crippen LogP contribution in [0.15, 0.2) is 46.3 Å². The van der Waals surface area contributed by atoms with E-state index in [-0.39, 0.29) is 22.2 Å². The molecule has 0 radical (unpaired) electrons. The molecule has 2 aromatic rings. The van der Waals surface area contributed by atoms with E-state index in [4.69, 9.17) is 4.74 Å². The fourth-order valence-electron chi connectivity index (χ4n) is 3.05. The number of nitrogens with one attached hydrogen (secondary N) is 2. The molecule has 1 heterocycles. The molecule has 1 aliphatic rings. The molecule has 188 valence electrons. The van der Waals surface area contributed by atoms with Crippen LogP contribution in [0.2, 0.25) is 0 Å². The van der Waals surface area contributed by atoms with Crippen molar-refractivity contribution in [2.24, 2.45) is 4.99 Å². The van der Waals surface area contributed by atoms with E-state index < -0.39 is 40.4 Å². The summed E-state index contributed by atoms with van der Waals surface area (Å²) in [7, 11) is -2.30. The monoisotopic (exact) mass is 535 g/mol. The van der Waals surface area contributed by atoms with Crippen molar-refractivity contribution in [3.63, 3.8) is 0 Å². The number of carbonyl (C=O) groups is 1. The second-order valence-corrected chi connectivity index (χ2v) is 9.99. The van der Waals surface area contributed by atoms with E-state index in [1.165, 1.54) is 25.2 Å². The van der Waals surface area contributed by atoms with Crippen LogP contribution in [0.5, 0.6) is 5.75 Å². The number of alkyl halides is 5. The highest BCUT2D eigenvalue weighted by Gasteiger charge is 2.32. The van der Waals surface area contributed by atoms with Crippen LogP contribution in [0, 0.1) is 0 Å². The first-order valence-electron chi connectivity index (χ1n) is 9.67. The van der Waals surface area contributed by atoms with Crippen molar-refractivity contribution in [1.29, 1.82) is 0 Å². The van der Waals surface area contributed by atoms with Crippen LogP contribution < -0.4 is 14.8 Å². The smallest absolute Gasteiger partial charge is 0.416 e. The second kappa shape index (κ2) is 10.2. The molecule has 2 aromatic carbocycles. The Labute approximate surface area is 201 Å². The van der Waals surface area contributed by atoms with Gasteiger partial charge in [0.15, 0.2) is 0 Å². The van der Waals surface area contributed by atoms with Gasteiger partial charge in [0.25, 0.3) is 11.7 Å². The van der Waals surface area contributed by atoms with Crippen molar-refractivity contribution in [2.75, 3.05) is 18.0 Å². The topological polar surface area (TPSA) is 96.9 Å². The highest BCUT2D eigenvalue weighted by Crippen LogP contribution is 2.35. The van der Waals surface area contributed by atoms with Gasteiger partial charge < -0.3 is 10.1 Å². The Morgan fingerprint density at radius 3 is 2.51 bits per heavy atom. The molecular weight excluding hydrogens is 517 g/mol. The number of hydrogen-bond acceptors (Lipinski definition) is 6. The van der Waals surface area contributed by atoms with Gasteiger partial charge in [-0.3, -0.25) is 14.5 Å². The molecule has 1 saturated heterocycles. The Morgan fingerprint density at radius 2 is 1.91 bits per heavy atom. The van der Waals surface area contributed by atoms with E-state index in [2.05, 4.69) is 15.0 Å². The number of carbonyl (C=O) groups excluding carboxylic acids is 1. The Balaban J connectivity index is 1.93. The van der Waals surface area contributed by atoms with Crippen LogP contribution in [-0.4, -0.2) is 32.8 Å². The number of amidine groups is 1. The van der Waals surface area contributed by atoms with Crippen molar-refractivity contribution in [3.05, 3.63) is 63.6 Å². The molecule has 0 atom stereocenters. The average Bonchev–Trinajstić information content (AvgIpc) is 3.10. The number of halogens is 5. The maximum Gasteiger partial charge on any atom is 0.416 e. The zero-order valence-electron chi connectivity index (χ0n) is 18.1. The summed E-state index contributed by atoms with van der Waals surface area (Å²) < 4.78 is 96.9. The Morgan fingerprint density at radius 1 is 1.20 bits per heavy atom. The van der Waals surface area contributed by atoms with Crippen molar-refractivity contribution in [3.8, 4) is 5.75 Å². The summed E-state index contributed by atoms with van der Waals surface area (Å²) in [6, 6.07) is 6.18. The number of benzene rings is 2. The molecule has 1 fully saturated rings. The fraction of sp³-hybridized carbons (Fsp3) is 0.238. The van der Waals surface area contributed by atoms with Crippen LogP contribution in [0.25, 0.3) is 6.08 Å². The van der Waals surface area contributed by atoms with Crippen LogP contribution in [0.3, 0.4) is 0 Å². The molecule has 2 N–H and O–H groups in total. The SMILES string of the molecule is CN=C1NC(=O)S/C1=C\c1ccc(OCc2ccc(C(F)(F)F)cc2C(F)F)c(NS(C)(=O)=O)c1. The lowest BCUT2D eigenvalue weighted by atomic mass is 10.0. The zero-order valence-corrected chi connectivity index (χ0v) is 19.7. The molecule has 14 heteroatoms. The van der Waals surface area contributed by atoms with E-state index in [1.807, 2.05) is 0 Å². The molecule has 0 aromatic heterocycles. The normalized spacial score (nSPS) is 16.7. The van der Waals surface area contributed by atoms with Gasteiger partial charge in [0.2, 0.25) is 10.0 Å². The first-order chi connectivity index (χ1) is 16.3. The minimum absolute atomic E-state index is 0.0374. The molecule has 3 rings (SSSR count). The van der Waals surface area contributed by atoms with E-state index in [9.17, 15) is 35.2 Å². The predicted molar refractivity (Wildman–Crippen MR) is 123 cm³/mol. The third-order valence-electron chi connectivity index (χ3n) is 4.57. The molecule has 1 amide bonds. The average molecular weight is 536 g/mol. The van der Waals surface area contributed by atoms with Crippen LogP contribution in [-0.2, 0) is 22.8 Å². The predicted octanol–water partition coefficient (Wildman–Crippen LogP) is 5.42. The van der Waals surface area contributed by atoms with Gasteiger partial charge in [-0.05, 0) is 53.2 Å². The van der Waals surface area contributed by atoms with Crippen LogP contribution in [0.4, 0.5) is 32.4 Å². The third-order valence-corrected chi connectivity index (χ3v) is 5.98. The summed E-state index contributed by atoms with van der Waals surface area (Å²) in [5.74, 6) is 0.287. The standard InChI is InChI=1S/C21H18F5N3O4S2/c1-27-19-17(34-20(30)28-19)8-11-3-6-16(15(7-11)29-35(2,31)32)33-10-12-4-5-13(21(24,25)26)9-14(12)18(22)23/h3-9,18,29H,10H2,1-2H3,(H,27,28,30)/b17-8-. The van der Waals surface area contributed by atoms with Gasteiger partial charge in [-0.1, -0.05) is 12.1 Å². The van der Waals surface area contributed by atoms with E-state index in [0.717, 1.165) is 24.1 Å². The van der Waals surface area contributed by atoms with Gasteiger partial charge in [-0.15, -0.1) is 0 Å². The van der Waals surface area contributed by atoms with E-state index in [1.54, 1.807) is 6.08 Å². The van der Waals surface area contributed by atoms with Crippen LogP contribution in [0.1, 0.15) is 28.7 Å². The number of aliphatic imine (C=N–C) groups is 1. The summed E-state index contributed by atoms with van der Waals surface area (Å²) in [5.41, 5.74) is -1.84. The molecule has 1 aliphatic heterocycles. The highest BCUT2D eigenvalue weighted by atomic mass is 32.2. The fourth-order valence-corrected chi connectivity index (χ4v) is 4.39. The number of hydrogen-bond donors (Lipinski definition) is 2. The lowest BCUT2D eigenvalue weighted by Crippen LogP contribution is -2.18. The summed E-state index contributed by atoms with van der Waals surface area (Å²) in [4.78, 5) is 16.0. The molecule has 7 nitrogen and oxygen atoms in total. The maximum absolute atomic E-state index is 13.4. The first-order valence-corrected chi connectivity index (χ1v) is 12.4. The van der Waals surface area contributed by atoms with Crippen molar-refractivity contribution >= 4 is 44.6 Å². The van der Waals surface area contributed by atoms with E-state index >= 15 is 0 Å². The van der Waals surface area contributed by atoms with Gasteiger partial charge in [-0.2, -0.15) is 13.2 Å². The second-order valence-electron chi connectivity index (χ2n) is 7.23. The zero-order chi connectivity index (χ0) is 26.0. The third kappa shape index (κ3) is 6.94. The Hall–Kier alpha value is -3.13. The molecule has 35 heavy (non-hydrogen) atoms. The van der Waals surface area contributed by atoms with Gasteiger partial charge in [0, 0.05) is 12.6 Å². The van der Waals surface area contributed by atoms with E-state index in [0.29, 0.717) is 28.4 Å². The Kier molecular flexibility index (Phi) is 7.74. The summed E-state index contributed by atoms with van der Waals surface area (Å²) in [6.45, 7) is -0.544. The number of nitrogens with zero attached hydrogens (tertiary/aromatic N) is 1. The van der Waals surface area contributed by atoms with Gasteiger partial charge in [0.1, 0.15) is 18.2 Å². The van der Waals surface area contributed by atoms with Crippen LogP contribution >= 0.6 is 11.8 Å². The highest BCUT2D eigenvalue weighted by molar-refractivity contribution is 8.18. The minimum Gasteiger partial charge on any atom is -0.487 e. The Bertz CT molecular complexity index is 1310. The summed E-state index contributed by atoms with van der Waals surface area (Å²) >= 11 is 0.890. The molecule has 0 bridgehead atoms. The number of thioether (sulfide) groups is 1. The molecule has 0 aliphatic carbocycles. The molecule has 0 saturated carbocycles. The van der Waals surface area contributed by atoms with Gasteiger partial charge in [-0.25, -0.2) is 17.2 Å². The quantitative estimate of drug-likeness (QED) is 0.462. The van der Waals surface area contributed by atoms with Crippen molar-refractivity contribution < 1.29 is 39.9 Å². The molecule has 0 unspecified atom stereocenters.